The number of carbonyl (C=O) groups excluding carboxylic acids is 1. The van der Waals surface area contributed by atoms with Gasteiger partial charge < -0.3 is 9.64 Å². The van der Waals surface area contributed by atoms with Crippen molar-refractivity contribution in [3.05, 3.63) is 90.4 Å². The SMILES string of the molecule is CN(C)C(=O)COc1ccc(C(=N)/C(=C\C#N)c2ccc3ncc(-c4ccccn4)n3c2)cc1. The van der Waals surface area contributed by atoms with Crippen molar-refractivity contribution in [1.29, 1.82) is 10.7 Å². The molecular weight excluding hydrogens is 428 g/mol. The molecule has 0 spiro atoms. The van der Waals surface area contributed by atoms with Gasteiger partial charge in [0.05, 0.1) is 29.4 Å². The van der Waals surface area contributed by atoms with Crippen molar-refractivity contribution in [3.8, 4) is 23.2 Å². The average Bonchev–Trinajstić information content (AvgIpc) is 3.29. The lowest BCUT2D eigenvalue weighted by atomic mass is 9.97. The number of allylic oxidation sites excluding steroid dienone is 2. The first-order valence-corrected chi connectivity index (χ1v) is 10.5. The number of rotatable bonds is 7. The highest BCUT2D eigenvalue weighted by Crippen LogP contribution is 2.25. The van der Waals surface area contributed by atoms with Gasteiger partial charge in [0.15, 0.2) is 6.61 Å². The van der Waals surface area contributed by atoms with Crippen LogP contribution in [-0.2, 0) is 4.79 Å². The topological polar surface area (TPSA) is 107 Å². The average molecular weight is 451 g/mol. The van der Waals surface area contributed by atoms with Crippen molar-refractivity contribution in [2.24, 2.45) is 0 Å². The van der Waals surface area contributed by atoms with Crippen LogP contribution in [0.25, 0.3) is 22.6 Å². The van der Waals surface area contributed by atoms with Gasteiger partial charge in [-0.3, -0.25) is 19.6 Å². The molecule has 4 rings (SSSR count). The maximum Gasteiger partial charge on any atom is 0.259 e. The molecule has 0 radical (unpaired) electrons. The lowest BCUT2D eigenvalue weighted by molar-refractivity contribution is -0.130. The van der Waals surface area contributed by atoms with Gasteiger partial charge in [-0.25, -0.2) is 4.98 Å². The van der Waals surface area contributed by atoms with Crippen molar-refractivity contribution in [2.45, 2.75) is 0 Å². The molecule has 0 saturated heterocycles. The lowest BCUT2D eigenvalue weighted by Gasteiger charge is -2.13. The van der Waals surface area contributed by atoms with E-state index >= 15 is 0 Å². The van der Waals surface area contributed by atoms with Gasteiger partial charge in [-0.1, -0.05) is 6.07 Å². The molecule has 0 bridgehead atoms. The molecule has 1 aromatic carbocycles. The predicted octanol–water partition coefficient (Wildman–Crippen LogP) is 3.84. The predicted molar refractivity (Wildman–Crippen MR) is 129 cm³/mol. The molecule has 168 valence electrons. The van der Waals surface area contributed by atoms with E-state index in [1.54, 1.807) is 50.8 Å². The summed E-state index contributed by atoms with van der Waals surface area (Å²) in [6.07, 6.45) is 6.69. The van der Waals surface area contributed by atoms with E-state index < -0.39 is 0 Å². The molecule has 0 aliphatic heterocycles. The van der Waals surface area contributed by atoms with Gasteiger partial charge in [-0.15, -0.1) is 0 Å². The summed E-state index contributed by atoms with van der Waals surface area (Å²) in [4.78, 5) is 22.0. The molecule has 0 aliphatic rings. The van der Waals surface area contributed by atoms with Crippen molar-refractivity contribution >= 4 is 22.8 Å². The van der Waals surface area contributed by atoms with Crippen LogP contribution in [0.4, 0.5) is 0 Å². The fourth-order valence-electron chi connectivity index (χ4n) is 3.36. The highest BCUT2D eigenvalue weighted by molar-refractivity contribution is 6.30. The minimum atomic E-state index is -0.143. The van der Waals surface area contributed by atoms with Crippen LogP contribution in [0.5, 0.6) is 5.75 Å². The van der Waals surface area contributed by atoms with Crippen LogP contribution in [0.15, 0.2) is 79.3 Å². The number of aromatic nitrogens is 3. The smallest absolute Gasteiger partial charge is 0.259 e. The number of fused-ring (bicyclic) bond motifs is 1. The number of hydrogen-bond donors (Lipinski definition) is 1. The minimum Gasteiger partial charge on any atom is -0.484 e. The number of nitrogens with zero attached hydrogens (tertiary/aromatic N) is 5. The van der Waals surface area contributed by atoms with E-state index in [-0.39, 0.29) is 18.2 Å². The third-order valence-corrected chi connectivity index (χ3v) is 5.23. The molecule has 1 N–H and O–H groups in total. The quantitative estimate of drug-likeness (QED) is 0.340. The zero-order valence-corrected chi connectivity index (χ0v) is 18.8. The molecule has 0 saturated carbocycles. The fraction of sp³-hybridized carbons (Fsp3) is 0.115. The third kappa shape index (κ3) is 4.69. The van der Waals surface area contributed by atoms with E-state index in [4.69, 9.17) is 10.1 Å². The number of benzene rings is 1. The summed E-state index contributed by atoms with van der Waals surface area (Å²) in [6, 6.07) is 18.3. The largest absolute Gasteiger partial charge is 0.484 e. The van der Waals surface area contributed by atoms with Gasteiger partial charge in [0.1, 0.15) is 11.4 Å². The Hall–Kier alpha value is -4.77. The van der Waals surface area contributed by atoms with Gasteiger partial charge >= 0.3 is 0 Å². The first kappa shape index (κ1) is 22.4. The maximum absolute atomic E-state index is 11.7. The molecule has 3 aromatic heterocycles. The Labute approximate surface area is 196 Å². The second kappa shape index (κ2) is 9.79. The molecule has 0 atom stereocenters. The molecule has 1 amide bonds. The number of carbonyl (C=O) groups is 1. The highest BCUT2D eigenvalue weighted by atomic mass is 16.5. The number of ether oxygens (including phenoxy) is 1. The van der Waals surface area contributed by atoms with Crippen molar-refractivity contribution in [1.82, 2.24) is 19.3 Å². The van der Waals surface area contributed by atoms with E-state index in [0.717, 1.165) is 17.0 Å². The van der Waals surface area contributed by atoms with Crippen molar-refractivity contribution in [3.63, 3.8) is 0 Å². The van der Waals surface area contributed by atoms with Crippen LogP contribution >= 0.6 is 0 Å². The van der Waals surface area contributed by atoms with Gasteiger partial charge in [-0.2, -0.15) is 5.26 Å². The van der Waals surface area contributed by atoms with Crippen LogP contribution in [-0.4, -0.2) is 51.6 Å². The summed E-state index contributed by atoms with van der Waals surface area (Å²) < 4.78 is 7.40. The van der Waals surface area contributed by atoms with Gasteiger partial charge in [0.2, 0.25) is 0 Å². The number of hydrogen-bond acceptors (Lipinski definition) is 6. The molecule has 8 heteroatoms. The molecule has 8 nitrogen and oxygen atoms in total. The van der Waals surface area contributed by atoms with Crippen LogP contribution in [0.2, 0.25) is 0 Å². The molecule has 34 heavy (non-hydrogen) atoms. The Morgan fingerprint density at radius 3 is 2.56 bits per heavy atom. The van der Waals surface area contributed by atoms with Crippen LogP contribution < -0.4 is 4.74 Å². The molecule has 0 fully saturated rings. The van der Waals surface area contributed by atoms with E-state index in [1.165, 1.54) is 11.0 Å². The lowest BCUT2D eigenvalue weighted by Crippen LogP contribution is -2.27. The second-order valence-corrected chi connectivity index (χ2v) is 7.67. The van der Waals surface area contributed by atoms with Crippen LogP contribution in [0.3, 0.4) is 0 Å². The fourth-order valence-corrected chi connectivity index (χ4v) is 3.36. The first-order chi connectivity index (χ1) is 16.5. The van der Waals surface area contributed by atoms with Crippen molar-refractivity contribution in [2.75, 3.05) is 20.7 Å². The molecule has 4 aromatic rings. The Kier molecular flexibility index (Phi) is 6.46. The standard InChI is InChI=1S/C26H22N6O2/c1-31(2)25(33)17-34-20-9-6-18(7-10-20)26(28)21(12-13-27)19-8-11-24-30-15-23(32(24)16-19)22-5-3-4-14-29-22/h3-12,14-16,28H,17H2,1-2H3/b21-12-,28-26?. The molecule has 0 aliphatic carbocycles. The molecule has 0 unspecified atom stereocenters. The van der Waals surface area contributed by atoms with Crippen LogP contribution in [0.1, 0.15) is 11.1 Å². The maximum atomic E-state index is 11.7. The number of nitrogens with one attached hydrogen (secondary N) is 1. The van der Waals surface area contributed by atoms with E-state index in [0.29, 0.717) is 22.4 Å². The monoisotopic (exact) mass is 450 g/mol. The summed E-state index contributed by atoms with van der Waals surface area (Å²) in [5, 5.41) is 18.2. The third-order valence-electron chi connectivity index (χ3n) is 5.23. The summed E-state index contributed by atoms with van der Waals surface area (Å²) >= 11 is 0. The van der Waals surface area contributed by atoms with Crippen LogP contribution in [0, 0.1) is 16.7 Å². The number of pyridine rings is 2. The first-order valence-electron chi connectivity index (χ1n) is 10.5. The summed E-state index contributed by atoms with van der Waals surface area (Å²) in [6.45, 7) is -0.0626. The number of likely N-dealkylation sites (N-methyl/N-ethyl adjacent to an activating group) is 1. The number of imidazole rings is 1. The molecular formula is C26H22N6O2. The Bertz CT molecular complexity index is 1410. The van der Waals surface area contributed by atoms with E-state index in [1.807, 2.05) is 40.9 Å². The summed E-state index contributed by atoms with van der Waals surface area (Å²) in [5.74, 6) is 0.383. The second-order valence-electron chi connectivity index (χ2n) is 7.67. The zero-order chi connectivity index (χ0) is 24.1. The Morgan fingerprint density at radius 2 is 1.88 bits per heavy atom. The number of nitriles is 1. The van der Waals surface area contributed by atoms with E-state index in [2.05, 4.69) is 16.0 Å². The summed E-state index contributed by atoms with van der Waals surface area (Å²) in [7, 11) is 3.33. The summed E-state index contributed by atoms with van der Waals surface area (Å²) in [5.41, 5.74) is 4.30. The minimum absolute atomic E-state index is 0.0626. The zero-order valence-electron chi connectivity index (χ0n) is 18.8. The Morgan fingerprint density at radius 1 is 1.12 bits per heavy atom. The highest BCUT2D eigenvalue weighted by Gasteiger charge is 2.14. The van der Waals surface area contributed by atoms with Gasteiger partial charge in [0, 0.05) is 49.3 Å². The van der Waals surface area contributed by atoms with Gasteiger partial charge in [0.25, 0.3) is 5.91 Å². The van der Waals surface area contributed by atoms with Crippen molar-refractivity contribution < 1.29 is 9.53 Å². The normalized spacial score (nSPS) is 11.1. The Balaban J connectivity index is 1.62. The number of amides is 1. The molecule has 3 heterocycles. The van der Waals surface area contributed by atoms with E-state index in [9.17, 15) is 10.1 Å². The van der Waals surface area contributed by atoms with Gasteiger partial charge in [-0.05, 0) is 48.5 Å².